The maximum atomic E-state index is 5.26. The van der Waals surface area contributed by atoms with Gasteiger partial charge in [-0.3, -0.25) is 0 Å². The average molecular weight is 282 g/mol. The predicted octanol–water partition coefficient (Wildman–Crippen LogP) is 2.88. The fourth-order valence-electron chi connectivity index (χ4n) is 1.93. The van der Waals surface area contributed by atoms with Crippen LogP contribution in [0.3, 0.4) is 0 Å². The quantitative estimate of drug-likeness (QED) is 0.736. The van der Waals surface area contributed by atoms with Gasteiger partial charge >= 0.3 is 0 Å². The van der Waals surface area contributed by atoms with Crippen molar-refractivity contribution in [3.63, 3.8) is 0 Å². The fraction of sp³-hybridized carbons (Fsp3) is 0.133. The van der Waals surface area contributed by atoms with Gasteiger partial charge in [0.05, 0.1) is 13.3 Å². The summed E-state index contributed by atoms with van der Waals surface area (Å²) in [5.74, 6) is 2.09. The Morgan fingerprint density at radius 2 is 2.19 bits per heavy atom. The lowest BCUT2D eigenvalue weighted by molar-refractivity contribution is 0.414. The van der Waals surface area contributed by atoms with Gasteiger partial charge in [-0.2, -0.15) is 0 Å². The van der Waals surface area contributed by atoms with Crippen LogP contribution in [-0.2, 0) is 0 Å². The van der Waals surface area contributed by atoms with Gasteiger partial charge in [0.15, 0.2) is 12.2 Å². The van der Waals surface area contributed by atoms with Crippen LogP contribution in [0.5, 0.6) is 5.75 Å². The van der Waals surface area contributed by atoms with Crippen LogP contribution in [0.25, 0.3) is 23.7 Å². The van der Waals surface area contributed by atoms with E-state index in [1.807, 2.05) is 25.1 Å². The minimum absolute atomic E-state index is 0.638. The molecule has 0 spiro atoms. The zero-order valence-corrected chi connectivity index (χ0v) is 11.7. The van der Waals surface area contributed by atoms with Gasteiger partial charge in [-0.05, 0) is 30.7 Å². The van der Waals surface area contributed by atoms with Gasteiger partial charge in [-0.1, -0.05) is 0 Å². The van der Waals surface area contributed by atoms with Crippen molar-refractivity contribution in [1.29, 1.82) is 0 Å². The van der Waals surface area contributed by atoms with Crippen LogP contribution in [0.4, 0.5) is 0 Å². The summed E-state index contributed by atoms with van der Waals surface area (Å²) in [6.07, 6.45) is 8.16. The molecule has 2 heterocycles. The first-order chi connectivity index (χ1) is 10.2. The summed E-state index contributed by atoms with van der Waals surface area (Å²) in [4.78, 5) is 8.14. The number of rotatable bonds is 4. The molecule has 0 N–H and O–H groups in total. The Morgan fingerprint density at radius 3 is 2.95 bits per heavy atom. The van der Waals surface area contributed by atoms with Crippen LogP contribution in [0, 0.1) is 6.92 Å². The molecule has 0 fully saturated rings. The average Bonchev–Trinajstić information content (AvgIpc) is 3.15. The molecule has 0 aliphatic carbocycles. The molecule has 106 valence electrons. The van der Waals surface area contributed by atoms with Gasteiger partial charge in [0.1, 0.15) is 17.8 Å². The maximum absolute atomic E-state index is 5.26. The zero-order valence-electron chi connectivity index (χ0n) is 11.7. The molecule has 3 aromatic rings. The molecule has 6 heteroatoms. The van der Waals surface area contributed by atoms with Crippen LogP contribution >= 0.6 is 0 Å². The number of hydrogen-bond donors (Lipinski definition) is 0. The first kappa shape index (κ1) is 13.1. The molecule has 6 nitrogen and oxygen atoms in total. The monoisotopic (exact) mass is 282 g/mol. The van der Waals surface area contributed by atoms with Gasteiger partial charge in [0, 0.05) is 17.8 Å². The number of aryl methyl sites for hydroxylation is 1. The highest BCUT2D eigenvalue weighted by Gasteiger charge is 2.06. The van der Waals surface area contributed by atoms with Gasteiger partial charge in [-0.25, -0.2) is 14.6 Å². The van der Waals surface area contributed by atoms with Gasteiger partial charge < -0.3 is 9.15 Å². The van der Waals surface area contributed by atoms with E-state index in [0.717, 1.165) is 16.9 Å². The van der Waals surface area contributed by atoms with Crippen molar-refractivity contribution >= 4 is 12.3 Å². The van der Waals surface area contributed by atoms with Gasteiger partial charge in [0.2, 0.25) is 0 Å². The number of methoxy groups -OCH3 is 1. The standard InChI is InChI=1S/C15H14N4O2/c1-11-5-12(7-14(6-11)20-2)15-17-9-19(18-15)4-3-13-8-16-10-21-13/h3-10H,1-2H3/b4-3-. The molecule has 3 rings (SSSR count). The molecule has 0 bridgehead atoms. The van der Waals surface area contributed by atoms with E-state index in [4.69, 9.17) is 9.15 Å². The third-order valence-corrected chi connectivity index (χ3v) is 2.90. The highest BCUT2D eigenvalue weighted by atomic mass is 16.5. The van der Waals surface area contributed by atoms with Gasteiger partial charge in [0.25, 0.3) is 0 Å². The Balaban J connectivity index is 1.86. The van der Waals surface area contributed by atoms with Crippen LogP contribution < -0.4 is 4.74 Å². The molecule has 0 aliphatic heterocycles. The van der Waals surface area contributed by atoms with Crippen LogP contribution in [-0.4, -0.2) is 26.9 Å². The Bertz CT molecular complexity index is 760. The van der Waals surface area contributed by atoms with E-state index in [9.17, 15) is 0 Å². The normalized spacial score (nSPS) is 11.1. The lowest BCUT2D eigenvalue weighted by Gasteiger charge is -2.03. The van der Waals surface area contributed by atoms with E-state index in [-0.39, 0.29) is 0 Å². The van der Waals surface area contributed by atoms with Crippen molar-refractivity contribution in [2.24, 2.45) is 0 Å². The lowest BCUT2D eigenvalue weighted by Crippen LogP contribution is -1.90. The summed E-state index contributed by atoms with van der Waals surface area (Å²) in [5, 5.41) is 4.40. The molecular formula is C15H14N4O2. The lowest BCUT2D eigenvalue weighted by atomic mass is 10.1. The molecule has 0 unspecified atom stereocenters. The van der Waals surface area contributed by atoms with Crippen LogP contribution in [0.1, 0.15) is 11.3 Å². The van der Waals surface area contributed by atoms with Crippen molar-refractivity contribution in [2.45, 2.75) is 6.92 Å². The Kier molecular flexibility index (Phi) is 3.51. The molecule has 0 atom stereocenters. The number of oxazole rings is 1. The minimum Gasteiger partial charge on any atom is -0.497 e. The van der Waals surface area contributed by atoms with E-state index in [0.29, 0.717) is 11.6 Å². The van der Waals surface area contributed by atoms with Crippen molar-refractivity contribution in [1.82, 2.24) is 19.7 Å². The molecule has 2 aromatic heterocycles. The number of benzene rings is 1. The number of nitrogens with zero attached hydrogens (tertiary/aromatic N) is 4. The van der Waals surface area contributed by atoms with Gasteiger partial charge in [-0.15, -0.1) is 5.10 Å². The van der Waals surface area contributed by atoms with Crippen molar-refractivity contribution in [2.75, 3.05) is 7.11 Å². The van der Waals surface area contributed by atoms with E-state index in [2.05, 4.69) is 15.1 Å². The molecule has 0 amide bonds. The number of hydrogen-bond acceptors (Lipinski definition) is 5. The molecule has 21 heavy (non-hydrogen) atoms. The van der Waals surface area contributed by atoms with Crippen molar-refractivity contribution < 1.29 is 9.15 Å². The minimum atomic E-state index is 0.638. The molecule has 0 saturated heterocycles. The topological polar surface area (TPSA) is 66.0 Å². The second kappa shape index (κ2) is 5.62. The van der Waals surface area contributed by atoms with Crippen molar-refractivity contribution in [3.05, 3.63) is 48.4 Å². The summed E-state index contributed by atoms with van der Waals surface area (Å²) in [7, 11) is 1.64. The first-order valence-corrected chi connectivity index (χ1v) is 6.38. The maximum Gasteiger partial charge on any atom is 0.181 e. The molecular weight excluding hydrogens is 268 g/mol. The van der Waals surface area contributed by atoms with E-state index >= 15 is 0 Å². The zero-order chi connectivity index (χ0) is 14.7. The largest absolute Gasteiger partial charge is 0.497 e. The molecule has 0 aliphatic rings. The Labute approximate surface area is 121 Å². The molecule has 0 saturated carbocycles. The summed E-state index contributed by atoms with van der Waals surface area (Å²) in [6, 6.07) is 5.89. The third-order valence-electron chi connectivity index (χ3n) is 2.90. The fourth-order valence-corrected chi connectivity index (χ4v) is 1.93. The van der Waals surface area contributed by atoms with Crippen LogP contribution in [0.15, 0.2) is 41.5 Å². The third kappa shape index (κ3) is 3.00. The Morgan fingerprint density at radius 1 is 1.29 bits per heavy atom. The molecule has 1 aromatic carbocycles. The summed E-state index contributed by atoms with van der Waals surface area (Å²) < 4.78 is 12.0. The summed E-state index contributed by atoms with van der Waals surface area (Å²) in [6.45, 7) is 2.01. The van der Waals surface area contributed by atoms with Crippen molar-refractivity contribution in [3.8, 4) is 17.1 Å². The first-order valence-electron chi connectivity index (χ1n) is 6.38. The highest BCUT2D eigenvalue weighted by molar-refractivity contribution is 5.60. The molecule has 0 radical (unpaired) electrons. The summed E-state index contributed by atoms with van der Waals surface area (Å²) in [5.41, 5.74) is 2.01. The second-order valence-electron chi connectivity index (χ2n) is 4.51. The van der Waals surface area contributed by atoms with E-state index in [1.165, 1.54) is 6.39 Å². The Hall–Kier alpha value is -2.89. The van der Waals surface area contributed by atoms with E-state index in [1.54, 1.807) is 36.6 Å². The highest BCUT2D eigenvalue weighted by Crippen LogP contribution is 2.23. The van der Waals surface area contributed by atoms with Crippen LogP contribution in [0.2, 0.25) is 0 Å². The van der Waals surface area contributed by atoms with E-state index < -0.39 is 0 Å². The smallest absolute Gasteiger partial charge is 0.181 e. The second-order valence-corrected chi connectivity index (χ2v) is 4.51. The summed E-state index contributed by atoms with van der Waals surface area (Å²) >= 11 is 0. The SMILES string of the molecule is COc1cc(C)cc(-c2ncn(/C=C\c3cnco3)n2)c1. The number of ether oxygens (including phenoxy) is 1. The predicted molar refractivity (Wildman–Crippen MR) is 78.5 cm³/mol. The number of aromatic nitrogens is 4.